The molecule has 21 heavy (non-hydrogen) atoms. The van der Waals surface area contributed by atoms with E-state index in [1.54, 1.807) is 7.11 Å². The van der Waals surface area contributed by atoms with Gasteiger partial charge in [0.2, 0.25) is 0 Å². The number of hydrogen-bond acceptors (Lipinski definition) is 4. The Hall–Kier alpha value is -1.10. The molecule has 1 aliphatic rings. The summed E-state index contributed by atoms with van der Waals surface area (Å²) in [4.78, 5) is 2.35. The molecule has 1 unspecified atom stereocenters. The molecule has 1 N–H and O–H groups in total. The molecule has 0 bridgehead atoms. The van der Waals surface area contributed by atoms with E-state index in [9.17, 15) is 5.11 Å². The Kier molecular flexibility index (Phi) is 5.62. The van der Waals surface area contributed by atoms with Gasteiger partial charge in [-0.2, -0.15) is 0 Å². The summed E-state index contributed by atoms with van der Waals surface area (Å²) in [6.45, 7) is 7.04. The summed E-state index contributed by atoms with van der Waals surface area (Å²) in [5.74, 6) is 0.827. The summed E-state index contributed by atoms with van der Waals surface area (Å²) in [7, 11) is 1.66. The summed E-state index contributed by atoms with van der Waals surface area (Å²) in [6.07, 6.45) is 1.96. The summed E-state index contributed by atoms with van der Waals surface area (Å²) in [5, 5.41) is 10.1. The Bertz CT molecular complexity index is 447. The zero-order valence-corrected chi connectivity index (χ0v) is 13.3. The van der Waals surface area contributed by atoms with Gasteiger partial charge in [0.1, 0.15) is 5.75 Å². The predicted molar refractivity (Wildman–Crippen MR) is 83.5 cm³/mol. The van der Waals surface area contributed by atoms with Gasteiger partial charge in [0.25, 0.3) is 0 Å². The van der Waals surface area contributed by atoms with Crippen molar-refractivity contribution in [2.45, 2.75) is 44.9 Å². The molecule has 118 valence electrons. The van der Waals surface area contributed by atoms with Crippen molar-refractivity contribution in [1.82, 2.24) is 4.90 Å². The lowest BCUT2D eigenvalue weighted by atomic mass is 10.0. The maximum Gasteiger partial charge on any atom is 0.124 e. The second-order valence-electron chi connectivity index (χ2n) is 6.34. The summed E-state index contributed by atoms with van der Waals surface area (Å²) in [5.41, 5.74) is 1.21. The Morgan fingerprint density at radius 1 is 1.33 bits per heavy atom. The smallest absolute Gasteiger partial charge is 0.124 e. The zero-order valence-electron chi connectivity index (χ0n) is 13.3. The van der Waals surface area contributed by atoms with Crippen LogP contribution >= 0.6 is 0 Å². The standard InChI is InChI=1S/C17H27NO3/c1-17(2)9-6-10-18(17)11-15(19)13-21-12-14-7-4-5-8-16(14)20-3/h4-5,7-8,15,19H,6,9-13H2,1-3H3. The molecule has 1 fully saturated rings. The highest BCUT2D eigenvalue weighted by atomic mass is 16.5. The molecular formula is C17H27NO3. The third-order valence-corrected chi connectivity index (χ3v) is 4.26. The van der Waals surface area contributed by atoms with Crippen molar-refractivity contribution in [3.8, 4) is 5.75 Å². The number of benzene rings is 1. The van der Waals surface area contributed by atoms with Crippen LogP contribution in [0.25, 0.3) is 0 Å². The van der Waals surface area contributed by atoms with Crippen molar-refractivity contribution in [3.05, 3.63) is 29.8 Å². The van der Waals surface area contributed by atoms with Crippen LogP contribution in [0.2, 0.25) is 0 Å². The van der Waals surface area contributed by atoms with E-state index in [4.69, 9.17) is 9.47 Å². The molecule has 2 rings (SSSR count). The van der Waals surface area contributed by atoms with E-state index in [2.05, 4.69) is 18.7 Å². The first-order valence-electron chi connectivity index (χ1n) is 7.65. The van der Waals surface area contributed by atoms with Crippen molar-refractivity contribution in [2.24, 2.45) is 0 Å². The Balaban J connectivity index is 1.75. The SMILES string of the molecule is COc1ccccc1COCC(O)CN1CCCC1(C)C. The minimum absolute atomic E-state index is 0.198. The van der Waals surface area contributed by atoms with E-state index in [1.165, 1.54) is 12.8 Å². The molecule has 4 nitrogen and oxygen atoms in total. The predicted octanol–water partition coefficient (Wildman–Crippen LogP) is 2.45. The molecule has 0 radical (unpaired) electrons. The highest BCUT2D eigenvalue weighted by molar-refractivity contribution is 5.32. The van der Waals surface area contributed by atoms with Gasteiger partial charge in [-0.15, -0.1) is 0 Å². The first kappa shape index (κ1) is 16.3. The van der Waals surface area contributed by atoms with Crippen LogP contribution in [0.15, 0.2) is 24.3 Å². The van der Waals surface area contributed by atoms with Crippen molar-refractivity contribution in [2.75, 3.05) is 26.8 Å². The lowest BCUT2D eigenvalue weighted by Gasteiger charge is -2.33. The van der Waals surface area contributed by atoms with Gasteiger partial charge in [-0.25, -0.2) is 0 Å². The summed E-state index contributed by atoms with van der Waals surface area (Å²) < 4.78 is 10.9. The molecule has 1 aromatic rings. The normalized spacial score (nSPS) is 19.6. The molecule has 1 saturated heterocycles. The molecule has 1 aromatic carbocycles. The molecule has 1 aliphatic heterocycles. The van der Waals surface area contributed by atoms with E-state index in [-0.39, 0.29) is 5.54 Å². The lowest BCUT2D eigenvalue weighted by Crippen LogP contribution is -2.43. The summed E-state index contributed by atoms with van der Waals surface area (Å²) in [6, 6.07) is 7.80. The largest absolute Gasteiger partial charge is 0.496 e. The lowest BCUT2D eigenvalue weighted by molar-refractivity contribution is -0.000782. The van der Waals surface area contributed by atoms with Crippen LogP contribution < -0.4 is 4.74 Å². The van der Waals surface area contributed by atoms with Crippen molar-refractivity contribution >= 4 is 0 Å². The number of hydrogen-bond donors (Lipinski definition) is 1. The van der Waals surface area contributed by atoms with Gasteiger partial charge in [-0.05, 0) is 39.3 Å². The third-order valence-electron chi connectivity index (χ3n) is 4.26. The van der Waals surface area contributed by atoms with Crippen molar-refractivity contribution < 1.29 is 14.6 Å². The number of likely N-dealkylation sites (tertiary alicyclic amines) is 1. The fourth-order valence-corrected chi connectivity index (χ4v) is 2.94. The fraction of sp³-hybridized carbons (Fsp3) is 0.647. The Labute approximate surface area is 127 Å². The van der Waals surface area contributed by atoms with Crippen LogP contribution in [0.4, 0.5) is 0 Å². The monoisotopic (exact) mass is 293 g/mol. The first-order chi connectivity index (χ1) is 10.0. The second-order valence-corrected chi connectivity index (χ2v) is 6.34. The summed E-state index contributed by atoms with van der Waals surface area (Å²) >= 11 is 0. The van der Waals surface area contributed by atoms with E-state index in [1.807, 2.05) is 24.3 Å². The number of β-amino-alcohol motifs (C(OH)–C–C–N with tert-alkyl or cyclic N) is 1. The Morgan fingerprint density at radius 3 is 2.76 bits per heavy atom. The third kappa shape index (κ3) is 4.43. The van der Waals surface area contributed by atoms with Crippen molar-refractivity contribution in [1.29, 1.82) is 0 Å². The molecule has 1 atom stereocenters. The molecule has 0 aromatic heterocycles. The average molecular weight is 293 g/mol. The van der Waals surface area contributed by atoms with Gasteiger partial charge >= 0.3 is 0 Å². The Morgan fingerprint density at radius 2 is 2.10 bits per heavy atom. The number of methoxy groups -OCH3 is 1. The van der Waals surface area contributed by atoms with Gasteiger partial charge in [0.05, 0.1) is 26.4 Å². The van der Waals surface area contributed by atoms with Crippen LogP contribution in [-0.4, -0.2) is 48.5 Å². The molecule has 0 amide bonds. The van der Waals surface area contributed by atoms with Crippen molar-refractivity contribution in [3.63, 3.8) is 0 Å². The number of ether oxygens (including phenoxy) is 2. The van der Waals surface area contributed by atoms with Gasteiger partial charge in [0, 0.05) is 17.6 Å². The van der Waals surface area contributed by atoms with Gasteiger partial charge in [0.15, 0.2) is 0 Å². The highest BCUT2D eigenvalue weighted by Gasteiger charge is 2.32. The molecular weight excluding hydrogens is 266 g/mol. The van der Waals surface area contributed by atoms with Crippen LogP contribution in [0, 0.1) is 0 Å². The molecule has 4 heteroatoms. The number of nitrogens with zero attached hydrogens (tertiary/aromatic N) is 1. The molecule has 0 saturated carbocycles. The average Bonchev–Trinajstić information content (AvgIpc) is 2.78. The number of rotatable bonds is 7. The quantitative estimate of drug-likeness (QED) is 0.838. The van der Waals surface area contributed by atoms with Gasteiger partial charge < -0.3 is 14.6 Å². The van der Waals surface area contributed by atoms with Crippen LogP contribution in [-0.2, 0) is 11.3 Å². The van der Waals surface area contributed by atoms with Crippen LogP contribution in [0.3, 0.4) is 0 Å². The minimum Gasteiger partial charge on any atom is -0.496 e. The number of aliphatic hydroxyl groups excluding tert-OH is 1. The maximum atomic E-state index is 10.1. The molecule has 0 aliphatic carbocycles. The maximum absolute atomic E-state index is 10.1. The topological polar surface area (TPSA) is 41.9 Å². The fourth-order valence-electron chi connectivity index (χ4n) is 2.94. The van der Waals surface area contributed by atoms with E-state index in [0.717, 1.165) is 17.9 Å². The highest BCUT2D eigenvalue weighted by Crippen LogP contribution is 2.28. The van der Waals surface area contributed by atoms with Gasteiger partial charge in [-0.1, -0.05) is 18.2 Å². The second kappa shape index (κ2) is 7.25. The first-order valence-corrected chi connectivity index (χ1v) is 7.65. The van der Waals surface area contributed by atoms with Gasteiger partial charge in [-0.3, -0.25) is 4.90 Å². The minimum atomic E-state index is -0.447. The zero-order chi connectivity index (χ0) is 15.3. The number of aliphatic hydroxyl groups is 1. The number of para-hydroxylation sites is 1. The van der Waals surface area contributed by atoms with E-state index in [0.29, 0.717) is 19.8 Å². The van der Waals surface area contributed by atoms with Crippen LogP contribution in [0.1, 0.15) is 32.3 Å². The molecule has 1 heterocycles. The van der Waals surface area contributed by atoms with E-state index >= 15 is 0 Å². The van der Waals surface area contributed by atoms with E-state index < -0.39 is 6.10 Å². The van der Waals surface area contributed by atoms with Crippen LogP contribution in [0.5, 0.6) is 5.75 Å². The molecule has 0 spiro atoms.